The number of nitrogens with two attached hydrogens (primary N) is 1. The van der Waals surface area contributed by atoms with E-state index in [9.17, 15) is 0 Å². The first kappa shape index (κ1) is 16.2. The molecular formula is C14H22ClN3S. The van der Waals surface area contributed by atoms with Gasteiger partial charge in [-0.25, -0.2) is 0 Å². The summed E-state index contributed by atoms with van der Waals surface area (Å²) in [4.78, 5) is 2.55. The zero-order chi connectivity index (χ0) is 14.6. The van der Waals surface area contributed by atoms with E-state index >= 15 is 0 Å². The van der Waals surface area contributed by atoms with Gasteiger partial charge < -0.3 is 16.0 Å². The van der Waals surface area contributed by atoms with Crippen LogP contribution in [0.2, 0.25) is 5.02 Å². The highest BCUT2D eigenvalue weighted by atomic mass is 35.5. The molecule has 0 spiro atoms. The minimum atomic E-state index is 0.138. The Balaban J connectivity index is 2.82. The summed E-state index contributed by atoms with van der Waals surface area (Å²) < 4.78 is 0. The lowest BCUT2D eigenvalue weighted by Crippen LogP contribution is -2.34. The topological polar surface area (TPSA) is 41.3 Å². The number of anilines is 1. The Morgan fingerprint density at radius 3 is 2.58 bits per heavy atom. The van der Waals surface area contributed by atoms with Crippen LogP contribution in [0.3, 0.4) is 0 Å². The van der Waals surface area contributed by atoms with Gasteiger partial charge in [-0.15, -0.1) is 0 Å². The maximum Gasteiger partial charge on any atom is 0.106 e. The van der Waals surface area contributed by atoms with Crippen molar-refractivity contribution in [2.24, 2.45) is 11.1 Å². The number of nitrogens with one attached hydrogen (secondary N) is 1. The van der Waals surface area contributed by atoms with Crippen molar-refractivity contribution in [3.8, 4) is 0 Å². The highest BCUT2D eigenvalue weighted by Gasteiger charge is 2.19. The normalized spacial score (nSPS) is 11.7. The van der Waals surface area contributed by atoms with E-state index in [1.807, 2.05) is 12.1 Å². The average Bonchev–Trinajstić information content (AvgIpc) is 2.24. The molecule has 0 aliphatic carbocycles. The fourth-order valence-electron chi connectivity index (χ4n) is 2.12. The van der Waals surface area contributed by atoms with Crippen molar-refractivity contribution in [3.05, 3.63) is 28.8 Å². The first-order chi connectivity index (χ1) is 8.71. The van der Waals surface area contributed by atoms with Crippen molar-refractivity contribution >= 4 is 34.5 Å². The second kappa shape index (κ2) is 6.55. The molecule has 0 unspecified atom stereocenters. The van der Waals surface area contributed by atoms with E-state index in [4.69, 9.17) is 29.6 Å². The van der Waals surface area contributed by atoms with Crippen molar-refractivity contribution in [1.82, 2.24) is 4.90 Å². The molecule has 5 heteroatoms. The summed E-state index contributed by atoms with van der Waals surface area (Å²) in [5.41, 5.74) is 7.59. The molecule has 0 aromatic heterocycles. The summed E-state index contributed by atoms with van der Waals surface area (Å²) in [5.74, 6) is 0. The zero-order valence-corrected chi connectivity index (χ0v) is 13.5. The third kappa shape index (κ3) is 5.35. The van der Waals surface area contributed by atoms with Crippen molar-refractivity contribution in [1.29, 1.82) is 0 Å². The van der Waals surface area contributed by atoms with Crippen molar-refractivity contribution in [3.63, 3.8) is 0 Å². The number of benzene rings is 1. The Kier molecular flexibility index (Phi) is 5.59. The van der Waals surface area contributed by atoms with E-state index in [-0.39, 0.29) is 5.41 Å². The fraction of sp³-hybridized carbons (Fsp3) is 0.500. The van der Waals surface area contributed by atoms with Gasteiger partial charge in [0.2, 0.25) is 0 Å². The van der Waals surface area contributed by atoms with Gasteiger partial charge in [0.1, 0.15) is 4.99 Å². The summed E-state index contributed by atoms with van der Waals surface area (Å²) in [5, 5.41) is 4.08. The molecule has 1 aromatic carbocycles. The Bertz CT molecular complexity index is 458. The third-order valence-electron chi connectivity index (χ3n) is 2.75. The predicted molar refractivity (Wildman–Crippen MR) is 88.2 cm³/mol. The summed E-state index contributed by atoms with van der Waals surface area (Å²) >= 11 is 11.1. The quantitative estimate of drug-likeness (QED) is 0.793. The molecule has 1 aromatic rings. The smallest absolute Gasteiger partial charge is 0.106 e. The number of thiocarbonyl (C=S) groups is 1. The number of hydrogen-bond donors (Lipinski definition) is 2. The Morgan fingerprint density at radius 1 is 1.42 bits per heavy atom. The minimum absolute atomic E-state index is 0.138. The molecule has 0 aliphatic heterocycles. The fourth-order valence-corrected chi connectivity index (χ4v) is 2.47. The van der Waals surface area contributed by atoms with Gasteiger partial charge in [0.25, 0.3) is 0 Å². The van der Waals surface area contributed by atoms with Crippen LogP contribution in [0.15, 0.2) is 18.2 Å². The Labute approximate surface area is 126 Å². The van der Waals surface area contributed by atoms with Gasteiger partial charge >= 0.3 is 0 Å². The molecule has 0 atom stereocenters. The van der Waals surface area contributed by atoms with Crippen molar-refractivity contribution in [2.75, 3.05) is 32.5 Å². The van der Waals surface area contributed by atoms with E-state index in [1.54, 1.807) is 6.07 Å². The van der Waals surface area contributed by atoms with E-state index in [2.05, 4.69) is 38.2 Å². The maximum atomic E-state index is 6.02. The molecule has 3 N–H and O–H groups in total. The van der Waals surface area contributed by atoms with Crippen LogP contribution in [0.4, 0.5) is 5.69 Å². The van der Waals surface area contributed by atoms with E-state index in [1.165, 1.54) is 0 Å². The van der Waals surface area contributed by atoms with Gasteiger partial charge in [-0.1, -0.05) is 37.7 Å². The molecule has 0 aliphatic rings. The van der Waals surface area contributed by atoms with Crippen LogP contribution in [0.1, 0.15) is 19.4 Å². The summed E-state index contributed by atoms with van der Waals surface area (Å²) in [6, 6.07) is 5.51. The first-order valence-corrected chi connectivity index (χ1v) is 6.98. The Hall–Kier alpha value is -0.840. The Morgan fingerprint density at radius 2 is 2.05 bits per heavy atom. The molecule has 0 radical (unpaired) electrons. The van der Waals surface area contributed by atoms with E-state index in [0.29, 0.717) is 10.0 Å². The summed E-state index contributed by atoms with van der Waals surface area (Å²) in [6.07, 6.45) is 0. The summed E-state index contributed by atoms with van der Waals surface area (Å²) in [6.45, 7) is 6.24. The van der Waals surface area contributed by atoms with E-state index < -0.39 is 0 Å². The molecule has 0 saturated heterocycles. The van der Waals surface area contributed by atoms with Crippen molar-refractivity contribution in [2.45, 2.75) is 13.8 Å². The lowest BCUT2D eigenvalue weighted by atomic mass is 9.92. The van der Waals surface area contributed by atoms with E-state index in [0.717, 1.165) is 24.3 Å². The first-order valence-electron chi connectivity index (χ1n) is 6.19. The van der Waals surface area contributed by atoms with Crippen LogP contribution in [-0.4, -0.2) is 37.1 Å². The van der Waals surface area contributed by atoms with Crippen LogP contribution < -0.4 is 11.1 Å². The maximum absolute atomic E-state index is 6.02. The second-order valence-electron chi connectivity index (χ2n) is 5.81. The summed E-state index contributed by atoms with van der Waals surface area (Å²) in [7, 11) is 4.14. The predicted octanol–water partition coefficient (Wildman–Crippen LogP) is 2.97. The van der Waals surface area contributed by atoms with Gasteiger partial charge in [-0.2, -0.15) is 0 Å². The molecule has 0 heterocycles. The largest absolute Gasteiger partial charge is 0.389 e. The number of nitrogens with zero attached hydrogens (tertiary/aromatic N) is 1. The average molecular weight is 300 g/mol. The lowest BCUT2D eigenvalue weighted by molar-refractivity contribution is 0.254. The van der Waals surface area contributed by atoms with Gasteiger partial charge in [-0.05, 0) is 37.7 Å². The van der Waals surface area contributed by atoms with Gasteiger partial charge in [0, 0.05) is 29.4 Å². The van der Waals surface area contributed by atoms with Crippen LogP contribution in [-0.2, 0) is 0 Å². The monoisotopic (exact) mass is 299 g/mol. The van der Waals surface area contributed by atoms with Crippen LogP contribution in [0, 0.1) is 5.41 Å². The van der Waals surface area contributed by atoms with Crippen LogP contribution in [0.5, 0.6) is 0 Å². The SMILES string of the molecule is CN(C)CC(C)(C)CNc1cc(Cl)ccc1C(N)=S. The second-order valence-corrected chi connectivity index (χ2v) is 6.69. The van der Waals surface area contributed by atoms with Crippen LogP contribution in [0.25, 0.3) is 0 Å². The standard InChI is InChI=1S/C14H22ClN3S/c1-14(2,9-18(3)4)8-17-12-7-10(15)5-6-11(12)13(16)19/h5-7,17H,8-9H2,1-4H3,(H2,16,19). The zero-order valence-electron chi connectivity index (χ0n) is 12.0. The van der Waals surface area contributed by atoms with Gasteiger partial charge in [-0.3, -0.25) is 0 Å². The minimum Gasteiger partial charge on any atom is -0.389 e. The van der Waals surface area contributed by atoms with Crippen molar-refractivity contribution < 1.29 is 0 Å². The third-order valence-corrected chi connectivity index (χ3v) is 3.20. The molecule has 0 bridgehead atoms. The molecule has 1 rings (SSSR count). The molecule has 0 fully saturated rings. The molecule has 3 nitrogen and oxygen atoms in total. The van der Waals surface area contributed by atoms with Gasteiger partial charge in [0.15, 0.2) is 0 Å². The van der Waals surface area contributed by atoms with Crippen LogP contribution >= 0.6 is 23.8 Å². The molecular weight excluding hydrogens is 278 g/mol. The molecule has 19 heavy (non-hydrogen) atoms. The number of halogens is 1. The number of rotatable bonds is 6. The molecule has 0 saturated carbocycles. The highest BCUT2D eigenvalue weighted by Crippen LogP contribution is 2.23. The molecule has 106 valence electrons. The lowest BCUT2D eigenvalue weighted by Gasteiger charge is -2.29. The highest BCUT2D eigenvalue weighted by molar-refractivity contribution is 7.80. The molecule has 0 amide bonds. The number of hydrogen-bond acceptors (Lipinski definition) is 3. The van der Waals surface area contributed by atoms with Gasteiger partial charge in [0.05, 0.1) is 0 Å².